The van der Waals surface area contributed by atoms with Gasteiger partial charge in [-0.2, -0.15) is 0 Å². The lowest BCUT2D eigenvalue weighted by Gasteiger charge is -2.06. The van der Waals surface area contributed by atoms with Gasteiger partial charge in [-0.05, 0) is 18.4 Å². The predicted molar refractivity (Wildman–Crippen MR) is 46.4 cm³/mol. The van der Waals surface area contributed by atoms with Crippen LogP contribution in [0.4, 0.5) is 0 Å². The third-order valence-corrected chi connectivity index (χ3v) is 1.79. The number of hydrogen-bond donors (Lipinski definition) is 1. The molecule has 0 aliphatic heterocycles. The summed E-state index contributed by atoms with van der Waals surface area (Å²) in [6.45, 7) is 1.99. The van der Waals surface area contributed by atoms with E-state index in [0.29, 0.717) is 0 Å². The van der Waals surface area contributed by atoms with Crippen molar-refractivity contribution in [2.24, 2.45) is 0 Å². The average Bonchev–Trinajstić information content (AvgIpc) is 2.06. The minimum atomic E-state index is -0.183. The van der Waals surface area contributed by atoms with Crippen molar-refractivity contribution in [1.29, 1.82) is 0 Å². The van der Waals surface area contributed by atoms with Crippen molar-refractivity contribution in [3.05, 3.63) is 35.9 Å². The molecular formula is C10H14O. The van der Waals surface area contributed by atoms with Gasteiger partial charge < -0.3 is 5.11 Å². The topological polar surface area (TPSA) is 20.2 Å². The van der Waals surface area contributed by atoms with Crippen molar-refractivity contribution in [2.45, 2.75) is 25.9 Å². The van der Waals surface area contributed by atoms with Crippen LogP contribution in [0, 0.1) is 0 Å². The maximum Gasteiger partial charge on any atom is 0.0577 e. The maximum atomic E-state index is 9.31. The molecule has 1 rings (SSSR count). The fourth-order valence-electron chi connectivity index (χ4n) is 1.03. The molecule has 0 saturated heterocycles. The minimum absolute atomic E-state index is 0.183. The SMILES string of the molecule is CCC(O)Cc1ccccc1. The van der Waals surface area contributed by atoms with Gasteiger partial charge in [-0.25, -0.2) is 0 Å². The Hall–Kier alpha value is -0.820. The van der Waals surface area contributed by atoms with E-state index in [1.54, 1.807) is 0 Å². The first-order valence-electron chi connectivity index (χ1n) is 4.05. The second kappa shape index (κ2) is 4.14. The van der Waals surface area contributed by atoms with E-state index in [9.17, 15) is 5.11 Å². The standard InChI is InChI=1S/C10H14O/c1-2-10(11)8-9-6-4-3-5-7-9/h3-7,10-11H,2,8H2,1H3. The van der Waals surface area contributed by atoms with Crippen molar-refractivity contribution in [3.8, 4) is 0 Å². The Morgan fingerprint density at radius 2 is 1.91 bits per heavy atom. The highest BCUT2D eigenvalue weighted by atomic mass is 16.3. The summed E-state index contributed by atoms with van der Waals surface area (Å²) < 4.78 is 0. The summed E-state index contributed by atoms with van der Waals surface area (Å²) in [7, 11) is 0. The molecule has 1 aromatic rings. The van der Waals surface area contributed by atoms with Gasteiger partial charge in [0.05, 0.1) is 6.10 Å². The molecule has 0 amide bonds. The zero-order valence-electron chi connectivity index (χ0n) is 6.83. The molecule has 11 heavy (non-hydrogen) atoms. The molecular weight excluding hydrogens is 136 g/mol. The smallest absolute Gasteiger partial charge is 0.0577 e. The number of benzene rings is 1. The highest BCUT2D eigenvalue weighted by molar-refractivity contribution is 5.15. The zero-order chi connectivity index (χ0) is 8.10. The molecule has 1 N–H and O–H groups in total. The Labute approximate surface area is 67.7 Å². The van der Waals surface area contributed by atoms with E-state index in [1.165, 1.54) is 5.56 Å². The van der Waals surface area contributed by atoms with Gasteiger partial charge in [0.15, 0.2) is 0 Å². The molecule has 1 unspecified atom stereocenters. The molecule has 1 atom stereocenters. The molecule has 1 heteroatoms. The van der Waals surface area contributed by atoms with E-state index in [2.05, 4.69) is 0 Å². The Morgan fingerprint density at radius 3 is 2.45 bits per heavy atom. The van der Waals surface area contributed by atoms with Crippen LogP contribution in [0.25, 0.3) is 0 Å². The van der Waals surface area contributed by atoms with Crippen LogP contribution in [-0.2, 0) is 6.42 Å². The monoisotopic (exact) mass is 150 g/mol. The molecule has 0 fully saturated rings. The molecule has 0 aliphatic rings. The van der Waals surface area contributed by atoms with Crippen molar-refractivity contribution in [1.82, 2.24) is 0 Å². The van der Waals surface area contributed by atoms with Crippen molar-refractivity contribution < 1.29 is 5.11 Å². The van der Waals surface area contributed by atoms with E-state index in [-0.39, 0.29) is 6.10 Å². The van der Waals surface area contributed by atoms with Gasteiger partial charge in [0.1, 0.15) is 0 Å². The summed E-state index contributed by atoms with van der Waals surface area (Å²) in [5.41, 5.74) is 1.21. The fourth-order valence-corrected chi connectivity index (χ4v) is 1.03. The van der Waals surface area contributed by atoms with Crippen LogP contribution in [-0.4, -0.2) is 11.2 Å². The minimum Gasteiger partial charge on any atom is -0.393 e. The summed E-state index contributed by atoms with van der Waals surface area (Å²) in [4.78, 5) is 0. The third-order valence-electron chi connectivity index (χ3n) is 1.79. The van der Waals surface area contributed by atoms with E-state index >= 15 is 0 Å². The quantitative estimate of drug-likeness (QED) is 0.698. The third kappa shape index (κ3) is 2.72. The summed E-state index contributed by atoms with van der Waals surface area (Å²) in [5.74, 6) is 0. The number of rotatable bonds is 3. The average molecular weight is 150 g/mol. The molecule has 0 heterocycles. The number of aliphatic hydroxyl groups is 1. The van der Waals surface area contributed by atoms with E-state index in [0.717, 1.165) is 12.8 Å². The molecule has 0 bridgehead atoms. The molecule has 60 valence electrons. The van der Waals surface area contributed by atoms with Gasteiger partial charge in [-0.3, -0.25) is 0 Å². The number of hydrogen-bond acceptors (Lipinski definition) is 1. The van der Waals surface area contributed by atoms with Gasteiger partial charge in [0.25, 0.3) is 0 Å². The van der Waals surface area contributed by atoms with Crippen LogP contribution in [0.5, 0.6) is 0 Å². The second-order valence-corrected chi connectivity index (χ2v) is 2.75. The van der Waals surface area contributed by atoms with Crippen LogP contribution in [0.15, 0.2) is 30.3 Å². The molecule has 0 spiro atoms. The lowest BCUT2D eigenvalue weighted by atomic mass is 10.1. The van der Waals surface area contributed by atoms with Crippen LogP contribution < -0.4 is 0 Å². The van der Waals surface area contributed by atoms with Crippen LogP contribution >= 0.6 is 0 Å². The van der Waals surface area contributed by atoms with Gasteiger partial charge in [-0.1, -0.05) is 37.3 Å². The molecule has 1 nitrogen and oxygen atoms in total. The van der Waals surface area contributed by atoms with Gasteiger partial charge in [0.2, 0.25) is 0 Å². The second-order valence-electron chi connectivity index (χ2n) is 2.75. The molecule has 0 aliphatic carbocycles. The van der Waals surface area contributed by atoms with Crippen LogP contribution in [0.3, 0.4) is 0 Å². The Balaban J connectivity index is 2.51. The highest BCUT2D eigenvalue weighted by Crippen LogP contribution is 2.04. The lowest BCUT2D eigenvalue weighted by molar-refractivity contribution is 0.171. The van der Waals surface area contributed by atoms with Gasteiger partial charge in [0, 0.05) is 0 Å². The summed E-state index contributed by atoms with van der Waals surface area (Å²) in [6, 6.07) is 10.1. The Morgan fingerprint density at radius 1 is 1.27 bits per heavy atom. The summed E-state index contributed by atoms with van der Waals surface area (Å²) in [6.07, 6.45) is 1.42. The first kappa shape index (κ1) is 8.28. The lowest BCUT2D eigenvalue weighted by Crippen LogP contribution is -2.07. The van der Waals surface area contributed by atoms with Crippen LogP contribution in [0.1, 0.15) is 18.9 Å². The van der Waals surface area contributed by atoms with E-state index < -0.39 is 0 Å². The Kier molecular flexibility index (Phi) is 3.12. The van der Waals surface area contributed by atoms with E-state index in [4.69, 9.17) is 0 Å². The molecule has 0 aromatic heterocycles. The largest absolute Gasteiger partial charge is 0.393 e. The van der Waals surface area contributed by atoms with E-state index in [1.807, 2.05) is 37.3 Å². The normalized spacial score (nSPS) is 12.9. The summed E-state index contributed by atoms with van der Waals surface area (Å²) in [5, 5.41) is 9.31. The zero-order valence-corrected chi connectivity index (χ0v) is 6.83. The van der Waals surface area contributed by atoms with Gasteiger partial charge >= 0.3 is 0 Å². The predicted octanol–water partition coefficient (Wildman–Crippen LogP) is 2.00. The van der Waals surface area contributed by atoms with Gasteiger partial charge in [-0.15, -0.1) is 0 Å². The summed E-state index contributed by atoms with van der Waals surface area (Å²) >= 11 is 0. The molecule has 0 saturated carbocycles. The fraction of sp³-hybridized carbons (Fsp3) is 0.400. The van der Waals surface area contributed by atoms with Crippen molar-refractivity contribution >= 4 is 0 Å². The first-order valence-corrected chi connectivity index (χ1v) is 4.05. The molecule has 1 aromatic carbocycles. The molecule has 0 radical (unpaired) electrons. The van der Waals surface area contributed by atoms with Crippen molar-refractivity contribution in [3.63, 3.8) is 0 Å². The number of aliphatic hydroxyl groups excluding tert-OH is 1. The maximum absolute atomic E-state index is 9.31. The Bertz CT molecular complexity index is 193. The highest BCUT2D eigenvalue weighted by Gasteiger charge is 2.00. The first-order chi connectivity index (χ1) is 5.33. The van der Waals surface area contributed by atoms with Crippen LogP contribution in [0.2, 0.25) is 0 Å². The van der Waals surface area contributed by atoms with Crippen molar-refractivity contribution in [2.75, 3.05) is 0 Å².